The summed E-state index contributed by atoms with van der Waals surface area (Å²) >= 11 is 0. The van der Waals surface area contributed by atoms with Crippen LogP contribution in [0.2, 0.25) is 0 Å². The molecular formula is C20H24FN5O. The van der Waals surface area contributed by atoms with Gasteiger partial charge in [0.1, 0.15) is 17.2 Å². The number of halogens is 1. The van der Waals surface area contributed by atoms with E-state index in [0.29, 0.717) is 29.1 Å². The van der Waals surface area contributed by atoms with Gasteiger partial charge in [-0.2, -0.15) is 4.98 Å². The minimum absolute atomic E-state index is 0.286. The Hall–Kier alpha value is -2.54. The minimum atomic E-state index is -0.286. The zero-order valence-electron chi connectivity index (χ0n) is 16.1. The van der Waals surface area contributed by atoms with E-state index in [1.54, 1.807) is 13.0 Å². The molecule has 1 aliphatic heterocycles. The maximum atomic E-state index is 14.8. The van der Waals surface area contributed by atoms with Gasteiger partial charge in [-0.3, -0.25) is 0 Å². The summed E-state index contributed by atoms with van der Waals surface area (Å²) < 4.78 is 20.3. The Morgan fingerprint density at radius 3 is 2.74 bits per heavy atom. The number of hydrogen-bond acceptors (Lipinski definition) is 6. The van der Waals surface area contributed by atoms with Crippen molar-refractivity contribution in [3.05, 3.63) is 34.9 Å². The minimum Gasteiger partial charge on any atom is -0.354 e. The summed E-state index contributed by atoms with van der Waals surface area (Å²) in [6.07, 6.45) is 1.77. The van der Waals surface area contributed by atoms with Gasteiger partial charge in [0.05, 0.1) is 5.56 Å². The molecule has 1 unspecified atom stereocenters. The van der Waals surface area contributed by atoms with Crippen molar-refractivity contribution in [1.82, 2.24) is 20.4 Å². The molecule has 4 rings (SSSR count). The number of hydrogen-bond donors (Lipinski definition) is 1. The molecule has 0 saturated carbocycles. The Balaban J connectivity index is 1.98. The number of likely N-dealkylation sites (N-methyl/N-ethyl adjacent to an activating group) is 1. The highest BCUT2D eigenvalue weighted by Crippen LogP contribution is 2.38. The molecular weight excluding hydrogens is 345 g/mol. The largest absolute Gasteiger partial charge is 0.354 e. The first kappa shape index (κ1) is 17.9. The zero-order valence-corrected chi connectivity index (χ0v) is 16.1. The van der Waals surface area contributed by atoms with Crippen LogP contribution in [0.1, 0.15) is 30.3 Å². The molecule has 27 heavy (non-hydrogen) atoms. The third-order valence-electron chi connectivity index (χ3n) is 5.39. The molecule has 3 heterocycles. The lowest BCUT2D eigenvalue weighted by Crippen LogP contribution is -2.30. The lowest BCUT2D eigenvalue weighted by Gasteiger charge is -2.22. The fourth-order valence-corrected chi connectivity index (χ4v) is 3.79. The SMILES string of the molecule is CCc1cc(F)c2nc(N3CCC(NC)C3)c(-c3nc(C)no3)c(C)c2c1. The summed E-state index contributed by atoms with van der Waals surface area (Å²) in [4.78, 5) is 11.3. The maximum absolute atomic E-state index is 14.8. The molecule has 2 aromatic heterocycles. The van der Waals surface area contributed by atoms with Crippen molar-refractivity contribution in [2.75, 3.05) is 25.0 Å². The fraction of sp³-hybridized carbons (Fsp3) is 0.450. The van der Waals surface area contributed by atoms with Crippen LogP contribution in [0, 0.1) is 19.7 Å². The summed E-state index contributed by atoms with van der Waals surface area (Å²) in [5.41, 5.74) is 3.06. The first-order chi connectivity index (χ1) is 13.0. The van der Waals surface area contributed by atoms with E-state index >= 15 is 0 Å². The molecule has 1 fully saturated rings. The normalized spacial score (nSPS) is 17.2. The van der Waals surface area contributed by atoms with Crippen LogP contribution >= 0.6 is 0 Å². The highest BCUT2D eigenvalue weighted by atomic mass is 19.1. The van der Waals surface area contributed by atoms with Crippen LogP contribution in [0.15, 0.2) is 16.7 Å². The Kier molecular flexibility index (Phi) is 4.55. The van der Waals surface area contributed by atoms with Gasteiger partial charge in [-0.05, 0) is 57.0 Å². The van der Waals surface area contributed by atoms with Crippen LogP contribution in [0.5, 0.6) is 0 Å². The fourth-order valence-electron chi connectivity index (χ4n) is 3.79. The van der Waals surface area contributed by atoms with Gasteiger partial charge in [-0.25, -0.2) is 9.37 Å². The van der Waals surface area contributed by atoms with Crippen molar-refractivity contribution in [3.8, 4) is 11.5 Å². The second kappa shape index (κ2) is 6.88. The number of aromatic nitrogens is 3. The van der Waals surface area contributed by atoms with E-state index < -0.39 is 0 Å². The molecule has 3 aromatic rings. The molecule has 0 aliphatic carbocycles. The number of pyridine rings is 1. The van der Waals surface area contributed by atoms with Crippen LogP contribution < -0.4 is 10.2 Å². The molecule has 0 radical (unpaired) electrons. The van der Waals surface area contributed by atoms with E-state index in [9.17, 15) is 4.39 Å². The van der Waals surface area contributed by atoms with Crippen molar-refractivity contribution >= 4 is 16.7 Å². The number of rotatable bonds is 4. The van der Waals surface area contributed by atoms with Gasteiger partial charge in [0.25, 0.3) is 5.89 Å². The Bertz CT molecular complexity index is 1000. The number of fused-ring (bicyclic) bond motifs is 1. The number of benzene rings is 1. The Labute approximate surface area is 157 Å². The molecule has 6 nitrogen and oxygen atoms in total. The van der Waals surface area contributed by atoms with Gasteiger partial charge in [-0.15, -0.1) is 0 Å². The molecule has 1 atom stereocenters. The average Bonchev–Trinajstić information content (AvgIpc) is 3.30. The smallest absolute Gasteiger partial charge is 0.261 e. The van der Waals surface area contributed by atoms with Crippen LogP contribution in [-0.2, 0) is 6.42 Å². The van der Waals surface area contributed by atoms with Crippen molar-refractivity contribution in [1.29, 1.82) is 0 Å². The van der Waals surface area contributed by atoms with Crippen LogP contribution in [0.25, 0.3) is 22.4 Å². The third kappa shape index (κ3) is 3.06. The Morgan fingerprint density at radius 1 is 1.30 bits per heavy atom. The van der Waals surface area contributed by atoms with Gasteiger partial charge < -0.3 is 14.7 Å². The van der Waals surface area contributed by atoms with E-state index in [-0.39, 0.29) is 5.82 Å². The standard InChI is InChI=1S/C20H24FN5O/c1-5-13-8-15-11(2)17(20-23-12(3)25-27-20)19(24-18(15)16(21)9-13)26-7-6-14(10-26)22-4/h8-9,14,22H,5-7,10H2,1-4H3. The average molecular weight is 369 g/mol. The summed E-state index contributed by atoms with van der Waals surface area (Å²) in [6, 6.07) is 3.97. The molecule has 1 aliphatic rings. The Morgan fingerprint density at radius 2 is 2.11 bits per heavy atom. The van der Waals surface area contributed by atoms with Crippen LogP contribution in [0.4, 0.5) is 10.2 Å². The highest BCUT2D eigenvalue weighted by Gasteiger charge is 2.29. The van der Waals surface area contributed by atoms with E-state index in [2.05, 4.69) is 20.4 Å². The quantitative estimate of drug-likeness (QED) is 0.760. The van der Waals surface area contributed by atoms with Crippen molar-refractivity contribution in [3.63, 3.8) is 0 Å². The van der Waals surface area contributed by atoms with Gasteiger partial charge in [0.2, 0.25) is 0 Å². The zero-order chi connectivity index (χ0) is 19.1. The summed E-state index contributed by atoms with van der Waals surface area (Å²) in [5.74, 6) is 1.43. The van der Waals surface area contributed by atoms with Crippen molar-refractivity contribution < 1.29 is 8.91 Å². The topological polar surface area (TPSA) is 67.1 Å². The first-order valence-corrected chi connectivity index (χ1v) is 9.37. The van der Waals surface area contributed by atoms with Crippen molar-refractivity contribution in [2.45, 2.75) is 39.7 Å². The summed E-state index contributed by atoms with van der Waals surface area (Å²) in [7, 11) is 1.96. The van der Waals surface area contributed by atoms with Gasteiger partial charge in [0.15, 0.2) is 5.82 Å². The number of aryl methyl sites for hydroxylation is 3. The molecule has 0 spiro atoms. The van der Waals surface area contributed by atoms with Gasteiger partial charge in [-0.1, -0.05) is 12.1 Å². The highest BCUT2D eigenvalue weighted by molar-refractivity contribution is 5.93. The molecule has 0 amide bonds. The molecule has 0 bridgehead atoms. The van der Waals surface area contributed by atoms with Crippen LogP contribution in [0.3, 0.4) is 0 Å². The first-order valence-electron chi connectivity index (χ1n) is 9.37. The van der Waals surface area contributed by atoms with E-state index in [1.165, 1.54) is 0 Å². The van der Waals surface area contributed by atoms with Crippen molar-refractivity contribution in [2.24, 2.45) is 0 Å². The maximum Gasteiger partial charge on any atom is 0.261 e. The lowest BCUT2D eigenvalue weighted by atomic mass is 10.00. The second-order valence-corrected chi connectivity index (χ2v) is 7.13. The summed E-state index contributed by atoms with van der Waals surface area (Å²) in [6.45, 7) is 7.44. The number of nitrogens with one attached hydrogen (secondary N) is 1. The monoisotopic (exact) mass is 369 g/mol. The number of anilines is 1. The van der Waals surface area contributed by atoms with Crippen LogP contribution in [-0.4, -0.2) is 41.3 Å². The molecule has 1 saturated heterocycles. The summed E-state index contributed by atoms with van der Waals surface area (Å²) in [5, 5.41) is 8.05. The predicted molar refractivity (Wildman–Crippen MR) is 104 cm³/mol. The molecule has 1 N–H and O–H groups in total. The lowest BCUT2D eigenvalue weighted by molar-refractivity contribution is 0.425. The molecule has 142 valence electrons. The predicted octanol–water partition coefficient (Wildman–Crippen LogP) is 3.40. The molecule has 1 aromatic carbocycles. The van der Waals surface area contributed by atoms with Gasteiger partial charge in [0, 0.05) is 24.5 Å². The third-order valence-corrected chi connectivity index (χ3v) is 5.39. The molecule has 7 heteroatoms. The van der Waals surface area contributed by atoms with E-state index in [1.807, 2.05) is 27.0 Å². The second-order valence-electron chi connectivity index (χ2n) is 7.13. The van der Waals surface area contributed by atoms with E-state index in [4.69, 9.17) is 9.51 Å². The van der Waals surface area contributed by atoms with Gasteiger partial charge >= 0.3 is 0 Å². The van der Waals surface area contributed by atoms with E-state index in [0.717, 1.165) is 48.0 Å². The number of nitrogens with zero attached hydrogens (tertiary/aromatic N) is 4.